The predicted octanol–water partition coefficient (Wildman–Crippen LogP) is 5.32. The van der Waals surface area contributed by atoms with Crippen molar-refractivity contribution in [3.8, 4) is 5.75 Å². The zero-order valence-corrected chi connectivity index (χ0v) is 21.6. The van der Waals surface area contributed by atoms with Gasteiger partial charge >= 0.3 is 11.7 Å². The van der Waals surface area contributed by atoms with Gasteiger partial charge < -0.3 is 19.7 Å². The number of nitrogens with one attached hydrogen (secondary N) is 1. The number of nitrogens with zero attached hydrogens (tertiary/aromatic N) is 2. The van der Waals surface area contributed by atoms with Crippen molar-refractivity contribution in [1.82, 2.24) is 14.5 Å². The Morgan fingerprint density at radius 1 is 1.03 bits per heavy atom. The van der Waals surface area contributed by atoms with E-state index < -0.39 is 5.97 Å². The largest absolute Gasteiger partial charge is 0.497 e. The SMILES string of the molecule is COc1cccc(C(CCN2CCC(n3c(=O)[nH]c4ccccc43)CC2)c2ccc(C(=O)O)cc2)c1.Cl. The highest BCUT2D eigenvalue weighted by molar-refractivity contribution is 5.87. The molecule has 5 rings (SSSR count). The minimum absolute atomic E-state index is 0. The lowest BCUT2D eigenvalue weighted by Gasteiger charge is -2.33. The molecule has 1 aromatic heterocycles. The summed E-state index contributed by atoms with van der Waals surface area (Å²) >= 11 is 0. The molecule has 1 atom stereocenters. The lowest BCUT2D eigenvalue weighted by Crippen LogP contribution is -2.37. The van der Waals surface area contributed by atoms with E-state index in [0.29, 0.717) is 0 Å². The molecule has 0 bridgehead atoms. The van der Waals surface area contributed by atoms with E-state index in [1.54, 1.807) is 19.2 Å². The summed E-state index contributed by atoms with van der Waals surface area (Å²) in [7, 11) is 1.67. The number of aromatic nitrogens is 2. The van der Waals surface area contributed by atoms with Crippen molar-refractivity contribution in [1.29, 1.82) is 0 Å². The Labute approximate surface area is 222 Å². The number of H-pyrrole nitrogens is 1. The van der Waals surface area contributed by atoms with Gasteiger partial charge in [0.25, 0.3) is 0 Å². The Bertz CT molecular complexity index is 1400. The number of carboxylic acids is 1. The van der Waals surface area contributed by atoms with E-state index >= 15 is 0 Å². The summed E-state index contributed by atoms with van der Waals surface area (Å²) in [6.07, 6.45) is 2.76. The molecule has 37 heavy (non-hydrogen) atoms. The maximum atomic E-state index is 12.6. The van der Waals surface area contributed by atoms with Crippen LogP contribution in [0.15, 0.2) is 77.6 Å². The number of benzene rings is 3. The molecule has 2 N–H and O–H groups in total. The molecule has 0 radical (unpaired) electrons. The fraction of sp³-hybridized carbons (Fsp3) is 0.310. The van der Waals surface area contributed by atoms with Crippen molar-refractivity contribution in [2.75, 3.05) is 26.7 Å². The number of methoxy groups -OCH3 is 1. The molecule has 0 amide bonds. The van der Waals surface area contributed by atoms with Crippen LogP contribution in [0.1, 0.15) is 52.7 Å². The molecule has 3 aromatic carbocycles. The van der Waals surface area contributed by atoms with Crippen molar-refractivity contribution in [3.05, 3.63) is 100.0 Å². The van der Waals surface area contributed by atoms with Crippen LogP contribution in [0.2, 0.25) is 0 Å². The monoisotopic (exact) mass is 521 g/mol. The lowest BCUT2D eigenvalue weighted by molar-refractivity contribution is 0.0697. The highest BCUT2D eigenvalue weighted by Gasteiger charge is 2.25. The molecule has 2 heterocycles. The van der Waals surface area contributed by atoms with Crippen molar-refractivity contribution in [2.24, 2.45) is 0 Å². The third-order valence-corrected chi connectivity index (χ3v) is 7.34. The van der Waals surface area contributed by atoms with Gasteiger partial charge in [-0.15, -0.1) is 12.4 Å². The number of hydrogen-bond donors (Lipinski definition) is 2. The fourth-order valence-corrected chi connectivity index (χ4v) is 5.39. The number of aromatic carboxylic acids is 1. The summed E-state index contributed by atoms with van der Waals surface area (Å²) in [6, 6.07) is 23.4. The molecule has 1 saturated heterocycles. The van der Waals surface area contributed by atoms with Gasteiger partial charge in [0.2, 0.25) is 0 Å². The summed E-state index contributed by atoms with van der Waals surface area (Å²) < 4.78 is 7.38. The number of imidazole rings is 1. The quantitative estimate of drug-likeness (QED) is 0.328. The number of fused-ring (bicyclic) bond motifs is 1. The van der Waals surface area contributed by atoms with Crippen molar-refractivity contribution in [2.45, 2.75) is 31.2 Å². The zero-order valence-electron chi connectivity index (χ0n) is 20.8. The topological polar surface area (TPSA) is 87.6 Å². The first-order valence-corrected chi connectivity index (χ1v) is 12.4. The van der Waals surface area contributed by atoms with Crippen molar-refractivity contribution >= 4 is 29.4 Å². The van der Waals surface area contributed by atoms with Crippen LogP contribution in [0.5, 0.6) is 5.75 Å². The summed E-state index contributed by atoms with van der Waals surface area (Å²) in [5, 5.41) is 9.29. The number of aromatic amines is 1. The summed E-state index contributed by atoms with van der Waals surface area (Å²) in [5.74, 6) is 0.0122. The molecule has 0 saturated carbocycles. The lowest BCUT2D eigenvalue weighted by atomic mass is 9.87. The van der Waals surface area contributed by atoms with E-state index in [0.717, 1.165) is 66.8 Å². The van der Waals surface area contributed by atoms with Crippen LogP contribution < -0.4 is 10.4 Å². The number of likely N-dealkylation sites (tertiary alicyclic amines) is 1. The molecule has 1 aliphatic heterocycles. The van der Waals surface area contributed by atoms with Gasteiger partial charge in [0, 0.05) is 25.0 Å². The molecule has 8 heteroatoms. The van der Waals surface area contributed by atoms with Gasteiger partial charge in [-0.05, 0) is 73.3 Å². The van der Waals surface area contributed by atoms with E-state index in [1.165, 1.54) is 0 Å². The highest BCUT2D eigenvalue weighted by Crippen LogP contribution is 2.32. The van der Waals surface area contributed by atoms with Crippen LogP contribution >= 0.6 is 12.4 Å². The standard InChI is InChI=1S/C29H31N3O4.ClH/c1-36-24-6-4-5-22(19-24)25(20-9-11-21(12-10-20)28(33)34)15-18-31-16-13-23(14-17-31)32-27-8-3-2-7-26(27)30-29(32)35;/h2-12,19,23,25H,13-18H2,1H3,(H,30,35)(H,33,34);1H. The molecular formula is C29H32ClN3O4. The first-order chi connectivity index (χ1) is 17.5. The molecule has 194 valence electrons. The van der Waals surface area contributed by atoms with E-state index in [1.807, 2.05) is 53.1 Å². The normalized spacial score (nSPS) is 15.3. The maximum Gasteiger partial charge on any atom is 0.335 e. The number of ether oxygens (including phenoxy) is 1. The average molecular weight is 522 g/mol. The number of carboxylic acid groups (broad SMARTS) is 1. The molecule has 0 spiro atoms. The van der Waals surface area contributed by atoms with Crippen LogP contribution in [0.25, 0.3) is 11.0 Å². The smallest absolute Gasteiger partial charge is 0.335 e. The van der Waals surface area contributed by atoms with Gasteiger partial charge in [-0.1, -0.05) is 36.4 Å². The van der Waals surface area contributed by atoms with Crippen molar-refractivity contribution < 1.29 is 14.6 Å². The van der Waals surface area contributed by atoms with Crippen LogP contribution in [-0.2, 0) is 0 Å². The Balaban J connectivity index is 0.00000320. The number of para-hydroxylation sites is 2. The Morgan fingerprint density at radius 2 is 1.76 bits per heavy atom. The summed E-state index contributed by atoms with van der Waals surface area (Å²) in [4.78, 5) is 29.4. The molecule has 1 aliphatic rings. The van der Waals surface area contributed by atoms with E-state index in [9.17, 15) is 14.7 Å². The molecule has 1 unspecified atom stereocenters. The van der Waals surface area contributed by atoms with E-state index in [2.05, 4.69) is 22.0 Å². The first-order valence-electron chi connectivity index (χ1n) is 12.4. The van der Waals surface area contributed by atoms with Crippen LogP contribution in [0.3, 0.4) is 0 Å². The highest BCUT2D eigenvalue weighted by atomic mass is 35.5. The Hall–Kier alpha value is -3.55. The fourth-order valence-electron chi connectivity index (χ4n) is 5.39. The molecule has 0 aliphatic carbocycles. The van der Waals surface area contributed by atoms with E-state index in [4.69, 9.17) is 4.74 Å². The number of rotatable bonds is 8. The Kier molecular flexibility index (Phi) is 8.36. The predicted molar refractivity (Wildman–Crippen MR) is 147 cm³/mol. The third-order valence-electron chi connectivity index (χ3n) is 7.34. The van der Waals surface area contributed by atoms with Gasteiger partial charge in [0.15, 0.2) is 0 Å². The summed E-state index contributed by atoms with van der Waals surface area (Å²) in [6.45, 7) is 2.77. The minimum atomic E-state index is -0.920. The minimum Gasteiger partial charge on any atom is -0.497 e. The molecule has 4 aromatic rings. The number of hydrogen-bond acceptors (Lipinski definition) is 4. The second kappa shape index (κ2) is 11.7. The van der Waals surface area contributed by atoms with Crippen molar-refractivity contribution in [3.63, 3.8) is 0 Å². The first kappa shape index (κ1) is 26.5. The molecular weight excluding hydrogens is 490 g/mol. The van der Waals surface area contributed by atoms with Gasteiger partial charge in [0.1, 0.15) is 5.75 Å². The second-order valence-corrected chi connectivity index (χ2v) is 9.44. The Morgan fingerprint density at radius 3 is 2.46 bits per heavy atom. The third kappa shape index (κ3) is 5.73. The molecule has 1 fully saturated rings. The maximum absolute atomic E-state index is 12.6. The van der Waals surface area contributed by atoms with Gasteiger partial charge in [-0.25, -0.2) is 9.59 Å². The van der Waals surface area contributed by atoms with Gasteiger partial charge in [-0.2, -0.15) is 0 Å². The molecule has 7 nitrogen and oxygen atoms in total. The van der Waals surface area contributed by atoms with E-state index in [-0.39, 0.29) is 35.6 Å². The number of halogens is 1. The summed E-state index contributed by atoms with van der Waals surface area (Å²) in [5.41, 5.74) is 4.37. The van der Waals surface area contributed by atoms with Crippen LogP contribution in [0.4, 0.5) is 0 Å². The van der Waals surface area contributed by atoms with Gasteiger partial charge in [-0.3, -0.25) is 4.57 Å². The number of carbonyl (C=O) groups is 1. The second-order valence-electron chi connectivity index (χ2n) is 9.44. The van der Waals surface area contributed by atoms with Gasteiger partial charge in [0.05, 0.1) is 23.7 Å². The number of piperidine rings is 1. The average Bonchev–Trinajstić information content (AvgIpc) is 3.25. The van der Waals surface area contributed by atoms with Crippen LogP contribution in [0, 0.1) is 0 Å². The zero-order chi connectivity index (χ0) is 25.1. The van der Waals surface area contributed by atoms with Crippen LogP contribution in [-0.4, -0.2) is 52.3 Å².